The summed E-state index contributed by atoms with van der Waals surface area (Å²) in [5.74, 6) is 1.73. The zero-order valence-electron chi connectivity index (χ0n) is 7.91. The summed E-state index contributed by atoms with van der Waals surface area (Å²) in [5, 5.41) is 0. The van der Waals surface area contributed by atoms with Crippen LogP contribution in [0.15, 0.2) is 0 Å². The molecular weight excluding hydrogens is 156 g/mol. The summed E-state index contributed by atoms with van der Waals surface area (Å²) >= 11 is 5.69. The molecule has 0 rings (SSSR count). The van der Waals surface area contributed by atoms with E-state index in [1.165, 1.54) is 38.5 Å². The van der Waals surface area contributed by atoms with E-state index in [-0.39, 0.29) is 0 Å². The third-order valence-electron chi connectivity index (χ3n) is 2.31. The molecule has 0 N–H and O–H groups in total. The van der Waals surface area contributed by atoms with Crippen LogP contribution in [0.4, 0.5) is 0 Å². The molecule has 0 spiro atoms. The minimum atomic E-state index is 0.838. The first-order valence-corrected chi connectivity index (χ1v) is 5.44. The van der Waals surface area contributed by atoms with Crippen LogP contribution in [0.2, 0.25) is 0 Å². The first-order chi connectivity index (χ1) is 5.35. The largest absolute Gasteiger partial charge is 0.127 e. The van der Waals surface area contributed by atoms with Crippen molar-refractivity contribution < 1.29 is 0 Å². The van der Waals surface area contributed by atoms with Gasteiger partial charge in [0, 0.05) is 5.88 Å². The normalized spacial score (nSPS) is 13.4. The second-order valence-electron chi connectivity index (χ2n) is 3.25. The first kappa shape index (κ1) is 11.3. The molecule has 0 aromatic rings. The minimum absolute atomic E-state index is 0.838. The number of unbranched alkanes of at least 4 members (excludes halogenated alkanes) is 2. The fourth-order valence-corrected chi connectivity index (χ4v) is 1.70. The third-order valence-corrected chi connectivity index (χ3v) is 2.53. The molecule has 0 bridgehead atoms. The van der Waals surface area contributed by atoms with Crippen LogP contribution >= 0.6 is 11.6 Å². The van der Waals surface area contributed by atoms with Gasteiger partial charge in [0.25, 0.3) is 0 Å². The molecule has 0 aliphatic heterocycles. The van der Waals surface area contributed by atoms with E-state index in [9.17, 15) is 0 Å². The van der Waals surface area contributed by atoms with Gasteiger partial charge in [0.15, 0.2) is 0 Å². The van der Waals surface area contributed by atoms with Gasteiger partial charge < -0.3 is 0 Å². The van der Waals surface area contributed by atoms with Crippen LogP contribution in [0, 0.1) is 5.92 Å². The zero-order valence-corrected chi connectivity index (χ0v) is 8.66. The Morgan fingerprint density at radius 3 is 2.27 bits per heavy atom. The van der Waals surface area contributed by atoms with Gasteiger partial charge in [0.1, 0.15) is 0 Å². The second kappa shape index (κ2) is 8.39. The predicted octanol–water partition coefficient (Wildman–Crippen LogP) is 4.22. The van der Waals surface area contributed by atoms with Crippen molar-refractivity contribution in [1.82, 2.24) is 0 Å². The monoisotopic (exact) mass is 176 g/mol. The van der Waals surface area contributed by atoms with Gasteiger partial charge in [-0.1, -0.05) is 46.0 Å². The fraction of sp³-hybridized carbons (Fsp3) is 1.00. The van der Waals surface area contributed by atoms with E-state index in [1.807, 2.05) is 0 Å². The Balaban J connectivity index is 3.20. The number of halogens is 1. The number of alkyl halides is 1. The molecule has 0 radical (unpaired) electrons. The maximum Gasteiger partial charge on any atom is 0.0226 e. The second-order valence-corrected chi connectivity index (χ2v) is 3.63. The standard InChI is InChI=1S/C10H21Cl/c1-3-5-6-7-10(4-2)8-9-11/h10H,3-9H2,1-2H3. The quantitative estimate of drug-likeness (QED) is 0.403. The van der Waals surface area contributed by atoms with E-state index in [4.69, 9.17) is 11.6 Å². The molecule has 0 aliphatic rings. The van der Waals surface area contributed by atoms with E-state index in [0.29, 0.717) is 0 Å². The Bertz CT molecular complexity index is 71.3. The SMILES string of the molecule is CCCCCC(CC)CCCl. The van der Waals surface area contributed by atoms with E-state index in [0.717, 1.165) is 11.8 Å². The van der Waals surface area contributed by atoms with E-state index in [2.05, 4.69) is 13.8 Å². The van der Waals surface area contributed by atoms with Crippen LogP contribution in [0.5, 0.6) is 0 Å². The summed E-state index contributed by atoms with van der Waals surface area (Å²) in [5.41, 5.74) is 0. The molecule has 0 nitrogen and oxygen atoms in total. The fourth-order valence-electron chi connectivity index (χ4n) is 1.39. The van der Waals surface area contributed by atoms with Crippen LogP contribution in [-0.2, 0) is 0 Å². The van der Waals surface area contributed by atoms with Gasteiger partial charge in [0.05, 0.1) is 0 Å². The highest BCUT2D eigenvalue weighted by Crippen LogP contribution is 2.17. The lowest BCUT2D eigenvalue weighted by molar-refractivity contribution is 0.434. The maximum absolute atomic E-state index is 5.69. The van der Waals surface area contributed by atoms with Crippen molar-refractivity contribution in [3.8, 4) is 0 Å². The van der Waals surface area contributed by atoms with Gasteiger partial charge in [-0.15, -0.1) is 11.6 Å². The van der Waals surface area contributed by atoms with Crippen LogP contribution < -0.4 is 0 Å². The summed E-state index contributed by atoms with van der Waals surface area (Å²) in [7, 11) is 0. The van der Waals surface area contributed by atoms with Gasteiger partial charge in [-0.3, -0.25) is 0 Å². The number of hydrogen-bond acceptors (Lipinski definition) is 0. The van der Waals surface area contributed by atoms with Crippen LogP contribution in [0.1, 0.15) is 52.4 Å². The molecule has 0 aromatic heterocycles. The van der Waals surface area contributed by atoms with Gasteiger partial charge >= 0.3 is 0 Å². The highest BCUT2D eigenvalue weighted by Gasteiger charge is 2.03. The van der Waals surface area contributed by atoms with Crippen molar-refractivity contribution in [2.24, 2.45) is 5.92 Å². The van der Waals surface area contributed by atoms with E-state index in [1.54, 1.807) is 0 Å². The van der Waals surface area contributed by atoms with Crippen LogP contribution in [0.25, 0.3) is 0 Å². The lowest BCUT2D eigenvalue weighted by Gasteiger charge is -2.11. The molecule has 1 unspecified atom stereocenters. The Hall–Kier alpha value is 0.290. The first-order valence-electron chi connectivity index (χ1n) is 4.91. The van der Waals surface area contributed by atoms with Gasteiger partial charge in [0.2, 0.25) is 0 Å². The van der Waals surface area contributed by atoms with Crippen molar-refractivity contribution in [3.63, 3.8) is 0 Å². The lowest BCUT2D eigenvalue weighted by Crippen LogP contribution is -1.99. The molecule has 68 valence electrons. The topological polar surface area (TPSA) is 0 Å². The average molecular weight is 177 g/mol. The Labute approximate surface area is 76.3 Å². The molecule has 0 heterocycles. The van der Waals surface area contributed by atoms with Crippen molar-refractivity contribution in [3.05, 3.63) is 0 Å². The van der Waals surface area contributed by atoms with Gasteiger partial charge in [-0.25, -0.2) is 0 Å². The smallest absolute Gasteiger partial charge is 0.0226 e. The predicted molar refractivity (Wildman–Crippen MR) is 53.3 cm³/mol. The summed E-state index contributed by atoms with van der Waals surface area (Å²) in [6.07, 6.45) is 8.01. The van der Waals surface area contributed by atoms with Crippen LogP contribution in [0.3, 0.4) is 0 Å². The summed E-state index contributed by atoms with van der Waals surface area (Å²) < 4.78 is 0. The molecule has 1 heteroatoms. The Morgan fingerprint density at radius 1 is 1.09 bits per heavy atom. The molecule has 0 amide bonds. The molecule has 0 saturated carbocycles. The molecule has 0 aliphatic carbocycles. The van der Waals surface area contributed by atoms with Crippen LogP contribution in [-0.4, -0.2) is 5.88 Å². The summed E-state index contributed by atoms with van der Waals surface area (Å²) in [4.78, 5) is 0. The summed E-state index contributed by atoms with van der Waals surface area (Å²) in [6, 6.07) is 0. The van der Waals surface area contributed by atoms with Crippen molar-refractivity contribution >= 4 is 11.6 Å². The van der Waals surface area contributed by atoms with E-state index >= 15 is 0 Å². The van der Waals surface area contributed by atoms with Crippen molar-refractivity contribution in [1.29, 1.82) is 0 Å². The number of hydrogen-bond donors (Lipinski definition) is 0. The van der Waals surface area contributed by atoms with Gasteiger partial charge in [-0.2, -0.15) is 0 Å². The van der Waals surface area contributed by atoms with Crippen molar-refractivity contribution in [2.45, 2.75) is 52.4 Å². The Morgan fingerprint density at radius 2 is 1.82 bits per heavy atom. The Kier molecular flexibility index (Phi) is 8.61. The maximum atomic E-state index is 5.69. The molecule has 1 atom stereocenters. The summed E-state index contributed by atoms with van der Waals surface area (Å²) in [6.45, 7) is 4.52. The van der Waals surface area contributed by atoms with Crippen molar-refractivity contribution in [2.75, 3.05) is 5.88 Å². The van der Waals surface area contributed by atoms with E-state index < -0.39 is 0 Å². The zero-order chi connectivity index (χ0) is 8.53. The molecule has 0 aromatic carbocycles. The minimum Gasteiger partial charge on any atom is -0.127 e. The number of rotatable bonds is 7. The third kappa shape index (κ3) is 6.68. The molecule has 0 fully saturated rings. The highest BCUT2D eigenvalue weighted by atomic mass is 35.5. The van der Waals surface area contributed by atoms with Gasteiger partial charge in [-0.05, 0) is 12.3 Å². The molecule has 11 heavy (non-hydrogen) atoms. The molecule has 0 saturated heterocycles. The average Bonchev–Trinajstić information content (AvgIpc) is 2.03. The highest BCUT2D eigenvalue weighted by molar-refractivity contribution is 6.17. The molecular formula is C10H21Cl. The lowest BCUT2D eigenvalue weighted by atomic mass is 9.96.